The Morgan fingerprint density at radius 2 is 1.88 bits per heavy atom. The van der Waals surface area contributed by atoms with Crippen molar-refractivity contribution in [2.24, 2.45) is 5.92 Å². The van der Waals surface area contributed by atoms with Crippen LogP contribution in [0.4, 0.5) is 0 Å². The van der Waals surface area contributed by atoms with Gasteiger partial charge in [0.2, 0.25) is 5.79 Å². The first-order chi connectivity index (χ1) is 11.4. The maximum atomic E-state index is 6.15. The second-order valence-corrected chi connectivity index (χ2v) is 9.54. The lowest BCUT2D eigenvalue weighted by molar-refractivity contribution is -0.223. The summed E-state index contributed by atoms with van der Waals surface area (Å²) in [6, 6.07) is 7.03. The third kappa shape index (κ3) is 4.00. The molecule has 2 rings (SSSR count). The van der Waals surface area contributed by atoms with Crippen LogP contribution < -0.4 is 4.74 Å². The molecule has 0 bridgehead atoms. The summed E-state index contributed by atoms with van der Waals surface area (Å²) >= 11 is 0. The maximum absolute atomic E-state index is 6.15. The largest absolute Gasteiger partial charge is 0.500 e. The molecule has 0 spiro atoms. The van der Waals surface area contributed by atoms with Crippen LogP contribution in [0.15, 0.2) is 18.2 Å². The molecule has 6 heteroatoms. The van der Waals surface area contributed by atoms with Crippen LogP contribution in [0.2, 0.25) is 6.04 Å². The first kappa shape index (κ1) is 19.4. The van der Waals surface area contributed by atoms with Gasteiger partial charge in [0.25, 0.3) is 0 Å². The van der Waals surface area contributed by atoms with Crippen molar-refractivity contribution >= 4 is 8.80 Å². The van der Waals surface area contributed by atoms with E-state index >= 15 is 0 Å². The molecule has 1 aliphatic rings. The van der Waals surface area contributed by atoms with Crippen molar-refractivity contribution in [3.63, 3.8) is 0 Å². The number of rotatable bonds is 8. The summed E-state index contributed by atoms with van der Waals surface area (Å²) in [6.45, 7) is 6.90. The highest BCUT2D eigenvalue weighted by Crippen LogP contribution is 2.37. The first-order valence-electron chi connectivity index (χ1n) is 8.52. The molecule has 1 aromatic carbocycles. The minimum atomic E-state index is -2.54. The van der Waals surface area contributed by atoms with Gasteiger partial charge < -0.3 is 22.8 Å². The molecule has 0 amide bonds. The molecule has 0 radical (unpaired) electrons. The van der Waals surface area contributed by atoms with E-state index in [0.717, 1.165) is 30.2 Å². The molecule has 0 N–H and O–H groups in total. The van der Waals surface area contributed by atoms with E-state index in [0.29, 0.717) is 12.5 Å². The fraction of sp³-hybridized carbons (Fsp3) is 0.667. The third-order valence-electron chi connectivity index (χ3n) is 5.11. The molecule has 1 aromatic rings. The summed E-state index contributed by atoms with van der Waals surface area (Å²) in [5.74, 6) is 0.705. The van der Waals surface area contributed by atoms with Gasteiger partial charge in [-0.2, -0.15) is 0 Å². The van der Waals surface area contributed by atoms with Gasteiger partial charge in [-0.15, -0.1) is 0 Å². The Labute approximate surface area is 146 Å². The fourth-order valence-electron chi connectivity index (χ4n) is 2.94. The van der Waals surface area contributed by atoms with Gasteiger partial charge in [-0.05, 0) is 30.5 Å². The predicted molar refractivity (Wildman–Crippen MR) is 95.0 cm³/mol. The van der Waals surface area contributed by atoms with Crippen LogP contribution in [0, 0.1) is 5.92 Å². The Hall–Kier alpha value is -0.923. The number of fused-ring (bicyclic) bond motifs is 1. The van der Waals surface area contributed by atoms with Crippen LogP contribution >= 0.6 is 0 Å². The van der Waals surface area contributed by atoms with Gasteiger partial charge in [0.1, 0.15) is 5.75 Å². The molecular formula is C18H30O5Si. The molecule has 24 heavy (non-hydrogen) atoms. The van der Waals surface area contributed by atoms with Gasteiger partial charge in [0, 0.05) is 45.8 Å². The highest BCUT2D eigenvalue weighted by atomic mass is 28.4. The average molecular weight is 355 g/mol. The van der Waals surface area contributed by atoms with Gasteiger partial charge in [0.15, 0.2) is 0 Å². The van der Waals surface area contributed by atoms with E-state index < -0.39 is 14.6 Å². The summed E-state index contributed by atoms with van der Waals surface area (Å²) < 4.78 is 28.6. The maximum Gasteiger partial charge on any atom is 0.500 e. The van der Waals surface area contributed by atoms with Crippen LogP contribution in [0.5, 0.6) is 5.75 Å². The quantitative estimate of drug-likeness (QED) is 0.665. The number of hydrogen-bond acceptors (Lipinski definition) is 5. The molecule has 0 fully saturated rings. The Bertz CT molecular complexity index is 538. The lowest BCUT2D eigenvalue weighted by Gasteiger charge is -2.39. The summed E-state index contributed by atoms with van der Waals surface area (Å²) in [6.07, 6.45) is 1.85. The zero-order valence-corrected chi connectivity index (χ0v) is 16.7. The standard InChI is InChI=1S/C18H30O5Si/c1-7-14(2)18(3)22-13-16-12-15(8-9-17(16)23-18)10-11-24(19-4,20-5)21-6/h8-9,12,14H,7,10-11,13H2,1-6H3. The van der Waals surface area contributed by atoms with Gasteiger partial charge in [0.05, 0.1) is 6.61 Å². The normalized spacial score (nSPS) is 21.9. The Morgan fingerprint density at radius 1 is 1.21 bits per heavy atom. The minimum absolute atomic E-state index is 0.335. The number of benzene rings is 1. The topological polar surface area (TPSA) is 46.2 Å². The lowest BCUT2D eigenvalue weighted by Crippen LogP contribution is -2.44. The second-order valence-electron chi connectivity index (χ2n) is 6.45. The van der Waals surface area contributed by atoms with E-state index in [1.165, 1.54) is 5.56 Å². The molecule has 136 valence electrons. The molecule has 5 nitrogen and oxygen atoms in total. The monoisotopic (exact) mass is 354 g/mol. The van der Waals surface area contributed by atoms with Crippen molar-refractivity contribution in [2.45, 2.75) is 52.1 Å². The lowest BCUT2D eigenvalue weighted by atomic mass is 9.97. The molecule has 0 aromatic heterocycles. The van der Waals surface area contributed by atoms with Crippen molar-refractivity contribution in [3.8, 4) is 5.75 Å². The number of hydrogen-bond donors (Lipinski definition) is 0. The van der Waals surface area contributed by atoms with Crippen LogP contribution in [0.25, 0.3) is 0 Å². The second kappa shape index (κ2) is 7.97. The SMILES string of the molecule is CCC(C)C1(C)OCc2cc(CC[Si](OC)(OC)OC)ccc2O1. The number of aryl methyl sites for hydroxylation is 1. The highest BCUT2D eigenvalue weighted by molar-refractivity contribution is 6.60. The van der Waals surface area contributed by atoms with Gasteiger partial charge in [-0.3, -0.25) is 0 Å². The van der Waals surface area contributed by atoms with E-state index in [4.69, 9.17) is 22.8 Å². The molecule has 2 unspecified atom stereocenters. The van der Waals surface area contributed by atoms with E-state index in [-0.39, 0.29) is 0 Å². The predicted octanol–water partition coefficient (Wildman–Crippen LogP) is 3.78. The molecular weight excluding hydrogens is 324 g/mol. The van der Waals surface area contributed by atoms with E-state index in [1.54, 1.807) is 21.3 Å². The average Bonchev–Trinajstić information content (AvgIpc) is 2.62. The molecule has 0 saturated heterocycles. The van der Waals surface area contributed by atoms with E-state index in [1.807, 2.05) is 13.0 Å². The van der Waals surface area contributed by atoms with Crippen molar-refractivity contribution in [1.29, 1.82) is 0 Å². The Morgan fingerprint density at radius 3 is 2.46 bits per heavy atom. The van der Waals surface area contributed by atoms with Crippen LogP contribution in [0.1, 0.15) is 38.3 Å². The molecule has 1 heterocycles. The Kier molecular flexibility index (Phi) is 6.44. The van der Waals surface area contributed by atoms with Crippen molar-refractivity contribution in [2.75, 3.05) is 21.3 Å². The zero-order valence-electron chi connectivity index (χ0n) is 15.7. The Balaban J connectivity index is 2.08. The van der Waals surface area contributed by atoms with Crippen LogP contribution in [0.3, 0.4) is 0 Å². The highest BCUT2D eigenvalue weighted by Gasteiger charge is 2.38. The van der Waals surface area contributed by atoms with Crippen molar-refractivity contribution < 1.29 is 22.8 Å². The molecule has 0 aliphatic carbocycles. The molecule has 0 saturated carbocycles. The van der Waals surface area contributed by atoms with E-state index in [2.05, 4.69) is 26.0 Å². The molecule has 1 aliphatic heterocycles. The van der Waals surface area contributed by atoms with Crippen LogP contribution in [-0.2, 0) is 31.0 Å². The summed E-state index contributed by atoms with van der Waals surface area (Å²) in [7, 11) is 2.39. The first-order valence-corrected chi connectivity index (χ1v) is 10.5. The van der Waals surface area contributed by atoms with Gasteiger partial charge in [-0.1, -0.05) is 19.9 Å². The fourth-order valence-corrected chi connectivity index (χ4v) is 4.64. The summed E-state index contributed by atoms with van der Waals surface area (Å²) in [5.41, 5.74) is 2.30. The number of ether oxygens (including phenoxy) is 2. The van der Waals surface area contributed by atoms with Crippen LogP contribution in [-0.4, -0.2) is 35.9 Å². The zero-order chi connectivity index (χ0) is 17.8. The van der Waals surface area contributed by atoms with Gasteiger partial charge in [-0.25, -0.2) is 0 Å². The molecule has 2 atom stereocenters. The van der Waals surface area contributed by atoms with Crippen molar-refractivity contribution in [1.82, 2.24) is 0 Å². The smallest absolute Gasteiger partial charge is 0.462 e. The third-order valence-corrected chi connectivity index (χ3v) is 7.84. The van der Waals surface area contributed by atoms with Crippen molar-refractivity contribution in [3.05, 3.63) is 29.3 Å². The summed E-state index contributed by atoms with van der Waals surface area (Å²) in [5, 5.41) is 0. The summed E-state index contributed by atoms with van der Waals surface area (Å²) in [4.78, 5) is 0. The van der Waals surface area contributed by atoms with E-state index in [9.17, 15) is 0 Å². The minimum Gasteiger partial charge on any atom is -0.462 e. The van der Waals surface area contributed by atoms with Gasteiger partial charge >= 0.3 is 8.80 Å².